The Hall–Kier alpha value is -3.03. The van der Waals surface area contributed by atoms with Gasteiger partial charge in [-0.2, -0.15) is 0 Å². The molecule has 0 saturated carbocycles. The predicted molar refractivity (Wildman–Crippen MR) is 112 cm³/mol. The number of rotatable bonds is 4. The summed E-state index contributed by atoms with van der Waals surface area (Å²) < 4.78 is 26.5. The van der Waals surface area contributed by atoms with Gasteiger partial charge in [-0.25, -0.2) is 13.8 Å². The summed E-state index contributed by atoms with van der Waals surface area (Å²) in [4.78, 5) is 34.9. The van der Waals surface area contributed by atoms with Crippen LogP contribution >= 0.6 is 0 Å². The molecule has 3 aliphatic heterocycles. The Morgan fingerprint density at radius 1 is 1.23 bits per heavy atom. The highest BCUT2D eigenvalue weighted by molar-refractivity contribution is 5.99. The molecule has 31 heavy (non-hydrogen) atoms. The molecule has 4 heterocycles. The highest BCUT2D eigenvalue weighted by Crippen LogP contribution is 2.36. The zero-order valence-corrected chi connectivity index (χ0v) is 17.4. The summed E-state index contributed by atoms with van der Waals surface area (Å²) in [5.74, 6) is 0.475. The molecule has 0 aliphatic carbocycles. The van der Waals surface area contributed by atoms with Crippen LogP contribution in [0.3, 0.4) is 0 Å². The Balaban J connectivity index is 1.39. The fraction of sp³-hybridized carbons (Fsp3) is 0.435. The SMILES string of the molecule is CCN1Cc2cc(N3CCc4cc(C(=O)N5CCCC5C(F)F)cnc43)ccc2C1=O. The number of carbonyl (C=O) groups excluding carboxylic acids is 2. The van der Waals surface area contributed by atoms with Crippen LogP contribution in [0.25, 0.3) is 0 Å². The largest absolute Gasteiger partial charge is 0.335 e. The van der Waals surface area contributed by atoms with Crippen molar-refractivity contribution in [1.82, 2.24) is 14.8 Å². The first-order valence-corrected chi connectivity index (χ1v) is 10.8. The van der Waals surface area contributed by atoms with Crippen molar-refractivity contribution in [2.45, 2.75) is 45.2 Å². The third-order valence-electron chi connectivity index (χ3n) is 6.56. The van der Waals surface area contributed by atoms with Gasteiger partial charge in [0.05, 0.1) is 11.6 Å². The maximum Gasteiger partial charge on any atom is 0.258 e. The molecule has 0 spiro atoms. The van der Waals surface area contributed by atoms with E-state index in [2.05, 4.69) is 9.88 Å². The highest BCUT2D eigenvalue weighted by atomic mass is 19.3. The molecule has 8 heteroatoms. The molecule has 1 aromatic carbocycles. The number of benzene rings is 1. The molecule has 3 aliphatic rings. The van der Waals surface area contributed by atoms with Gasteiger partial charge in [0.25, 0.3) is 18.2 Å². The third-order valence-corrected chi connectivity index (χ3v) is 6.56. The number of hydrogen-bond donors (Lipinski definition) is 0. The van der Waals surface area contributed by atoms with E-state index in [0.29, 0.717) is 44.6 Å². The molecular formula is C23H24F2N4O2. The monoisotopic (exact) mass is 426 g/mol. The normalized spacial score (nSPS) is 20.1. The lowest BCUT2D eigenvalue weighted by Crippen LogP contribution is -2.39. The maximum absolute atomic E-state index is 13.3. The Kier molecular flexibility index (Phi) is 4.87. The summed E-state index contributed by atoms with van der Waals surface area (Å²) in [6, 6.07) is 6.63. The Bertz CT molecular complexity index is 1060. The van der Waals surface area contributed by atoms with Crippen LogP contribution in [-0.4, -0.2) is 58.7 Å². The lowest BCUT2D eigenvalue weighted by atomic mass is 10.1. The van der Waals surface area contributed by atoms with Crippen LogP contribution in [0.15, 0.2) is 30.5 Å². The van der Waals surface area contributed by atoms with Crippen molar-refractivity contribution >= 4 is 23.3 Å². The number of aromatic nitrogens is 1. The number of pyridine rings is 1. The van der Waals surface area contributed by atoms with E-state index in [4.69, 9.17) is 0 Å². The molecule has 6 nitrogen and oxygen atoms in total. The van der Waals surface area contributed by atoms with E-state index in [0.717, 1.165) is 34.6 Å². The summed E-state index contributed by atoms with van der Waals surface area (Å²) >= 11 is 0. The molecule has 1 unspecified atom stereocenters. The number of anilines is 2. The van der Waals surface area contributed by atoms with Gasteiger partial charge >= 0.3 is 0 Å². The van der Waals surface area contributed by atoms with E-state index >= 15 is 0 Å². The van der Waals surface area contributed by atoms with Crippen molar-refractivity contribution in [1.29, 1.82) is 0 Å². The minimum atomic E-state index is -2.53. The third kappa shape index (κ3) is 3.25. The number of hydrogen-bond acceptors (Lipinski definition) is 4. The van der Waals surface area contributed by atoms with Gasteiger partial charge in [-0.05, 0) is 61.6 Å². The predicted octanol–water partition coefficient (Wildman–Crippen LogP) is 3.62. The van der Waals surface area contributed by atoms with Crippen molar-refractivity contribution in [3.05, 3.63) is 52.7 Å². The number of alkyl halides is 2. The molecule has 2 aromatic rings. The van der Waals surface area contributed by atoms with Crippen molar-refractivity contribution in [2.75, 3.05) is 24.5 Å². The first-order chi connectivity index (χ1) is 15.0. The number of nitrogens with zero attached hydrogens (tertiary/aromatic N) is 4. The summed E-state index contributed by atoms with van der Waals surface area (Å²) in [5.41, 5.74) is 4.03. The van der Waals surface area contributed by atoms with Gasteiger partial charge in [0, 0.05) is 43.6 Å². The van der Waals surface area contributed by atoms with Gasteiger partial charge in [-0.1, -0.05) is 0 Å². The molecule has 2 amide bonds. The first-order valence-electron chi connectivity index (χ1n) is 10.8. The van der Waals surface area contributed by atoms with Crippen LogP contribution in [0, 0.1) is 0 Å². The number of amides is 2. The first kappa shape index (κ1) is 19.9. The standard InChI is InChI=1S/C23H24F2N4O2/c1-2-27-13-16-11-17(5-6-18(16)23(27)31)28-9-7-14-10-15(12-26-21(14)28)22(30)29-8-3-4-19(29)20(24)25/h5-6,10-12,19-20H,2-4,7-9,13H2,1H3. The number of carbonyl (C=O) groups is 2. The molecule has 1 atom stereocenters. The van der Waals surface area contributed by atoms with Crippen LogP contribution < -0.4 is 4.90 Å². The molecule has 1 fully saturated rings. The van der Waals surface area contributed by atoms with Gasteiger partial charge < -0.3 is 14.7 Å². The summed E-state index contributed by atoms with van der Waals surface area (Å²) in [5, 5.41) is 0. The van der Waals surface area contributed by atoms with E-state index in [9.17, 15) is 18.4 Å². The minimum absolute atomic E-state index is 0.0659. The van der Waals surface area contributed by atoms with Crippen LogP contribution in [-0.2, 0) is 13.0 Å². The number of likely N-dealkylation sites (tertiary alicyclic amines) is 1. The molecule has 1 aromatic heterocycles. The van der Waals surface area contributed by atoms with Gasteiger partial charge in [-0.3, -0.25) is 9.59 Å². The lowest BCUT2D eigenvalue weighted by Gasteiger charge is -2.24. The molecule has 0 radical (unpaired) electrons. The molecule has 0 N–H and O–H groups in total. The van der Waals surface area contributed by atoms with Crippen molar-refractivity contribution in [3.8, 4) is 0 Å². The van der Waals surface area contributed by atoms with Gasteiger partial charge in [0.1, 0.15) is 5.82 Å². The maximum atomic E-state index is 13.3. The lowest BCUT2D eigenvalue weighted by molar-refractivity contribution is 0.0362. The quantitative estimate of drug-likeness (QED) is 0.749. The fourth-order valence-corrected chi connectivity index (χ4v) is 4.90. The van der Waals surface area contributed by atoms with E-state index in [1.165, 1.54) is 11.1 Å². The molecule has 5 rings (SSSR count). The van der Waals surface area contributed by atoms with E-state index in [1.54, 1.807) is 6.07 Å². The summed E-state index contributed by atoms with van der Waals surface area (Å²) in [6.07, 6.45) is 0.629. The second-order valence-corrected chi connectivity index (χ2v) is 8.31. The van der Waals surface area contributed by atoms with Crippen LogP contribution in [0.2, 0.25) is 0 Å². The topological polar surface area (TPSA) is 56.8 Å². The Labute approximate surface area is 179 Å². The van der Waals surface area contributed by atoms with Gasteiger partial charge in [0.15, 0.2) is 0 Å². The second-order valence-electron chi connectivity index (χ2n) is 8.31. The second kappa shape index (κ2) is 7.59. The van der Waals surface area contributed by atoms with Crippen molar-refractivity contribution in [3.63, 3.8) is 0 Å². The van der Waals surface area contributed by atoms with Crippen LogP contribution in [0.1, 0.15) is 51.6 Å². The molecule has 0 bridgehead atoms. The minimum Gasteiger partial charge on any atom is -0.335 e. The zero-order chi connectivity index (χ0) is 21.7. The Morgan fingerprint density at radius 2 is 2.06 bits per heavy atom. The average Bonchev–Trinajstić information content (AvgIpc) is 3.49. The molecule has 1 saturated heterocycles. The fourth-order valence-electron chi connectivity index (χ4n) is 4.90. The van der Waals surface area contributed by atoms with Crippen molar-refractivity contribution in [2.24, 2.45) is 0 Å². The van der Waals surface area contributed by atoms with Gasteiger partial charge in [0.2, 0.25) is 0 Å². The van der Waals surface area contributed by atoms with E-state index in [-0.39, 0.29) is 11.8 Å². The van der Waals surface area contributed by atoms with Crippen LogP contribution in [0.5, 0.6) is 0 Å². The molecular weight excluding hydrogens is 402 g/mol. The zero-order valence-electron chi connectivity index (χ0n) is 17.4. The summed E-state index contributed by atoms with van der Waals surface area (Å²) in [6.45, 7) is 4.33. The van der Waals surface area contributed by atoms with Crippen molar-refractivity contribution < 1.29 is 18.4 Å². The Morgan fingerprint density at radius 3 is 2.84 bits per heavy atom. The van der Waals surface area contributed by atoms with Crippen LogP contribution in [0.4, 0.5) is 20.3 Å². The smallest absolute Gasteiger partial charge is 0.258 e. The number of halogens is 2. The molecule has 162 valence electrons. The number of fused-ring (bicyclic) bond motifs is 2. The van der Waals surface area contributed by atoms with E-state index < -0.39 is 12.5 Å². The highest BCUT2D eigenvalue weighted by Gasteiger charge is 2.36. The van der Waals surface area contributed by atoms with Gasteiger partial charge in [-0.15, -0.1) is 0 Å². The van der Waals surface area contributed by atoms with E-state index in [1.807, 2.05) is 30.0 Å². The average molecular weight is 426 g/mol. The summed E-state index contributed by atoms with van der Waals surface area (Å²) in [7, 11) is 0.